The van der Waals surface area contributed by atoms with Crippen molar-refractivity contribution in [2.45, 2.75) is 13.0 Å². The topological polar surface area (TPSA) is 99.2 Å². The minimum atomic E-state index is -0.365. The summed E-state index contributed by atoms with van der Waals surface area (Å²) in [6, 6.07) is 13.4. The quantitative estimate of drug-likeness (QED) is 0.547. The van der Waals surface area contributed by atoms with Gasteiger partial charge in [0.2, 0.25) is 0 Å². The smallest absolute Gasteiger partial charge is 0.262 e. The van der Waals surface area contributed by atoms with Crippen LogP contribution < -0.4 is 10.6 Å². The number of nitrogens with zero attached hydrogens (tertiary/aromatic N) is 2. The van der Waals surface area contributed by atoms with Crippen molar-refractivity contribution in [3.05, 3.63) is 94.2 Å². The van der Waals surface area contributed by atoms with Gasteiger partial charge in [0, 0.05) is 23.7 Å². The zero-order valence-electron chi connectivity index (χ0n) is 16.6. The molecule has 4 N–H and O–H groups in total. The van der Waals surface area contributed by atoms with E-state index in [-0.39, 0.29) is 23.0 Å². The number of benzene rings is 2. The molecule has 0 fully saturated rings. The summed E-state index contributed by atoms with van der Waals surface area (Å²) >= 11 is 1.55. The van der Waals surface area contributed by atoms with Crippen molar-refractivity contribution in [1.29, 1.82) is 0 Å². The average Bonchev–Trinajstić information content (AvgIpc) is 3.18. The van der Waals surface area contributed by atoms with Crippen LogP contribution in [0.5, 0.6) is 11.5 Å². The van der Waals surface area contributed by atoms with Gasteiger partial charge in [0.15, 0.2) is 0 Å². The number of phenolic OH excluding ortho intramolecular Hbond substituents is 2. The molecule has 0 aliphatic carbocycles. The van der Waals surface area contributed by atoms with Gasteiger partial charge in [-0.15, -0.1) is 0 Å². The second-order valence-electron chi connectivity index (χ2n) is 7.06. The lowest BCUT2D eigenvalue weighted by atomic mass is 10.1. The molecular formula is C24H21N3O3S. The molecule has 6 nitrogen and oxygen atoms in total. The van der Waals surface area contributed by atoms with E-state index in [9.17, 15) is 15.0 Å². The highest BCUT2D eigenvalue weighted by atomic mass is 32.1. The molecule has 2 heterocycles. The summed E-state index contributed by atoms with van der Waals surface area (Å²) in [5.41, 5.74) is 9.32. The maximum absolute atomic E-state index is 13.3. The van der Waals surface area contributed by atoms with Gasteiger partial charge in [0.1, 0.15) is 17.3 Å². The van der Waals surface area contributed by atoms with Crippen LogP contribution in [0.25, 0.3) is 5.70 Å². The Morgan fingerprint density at radius 3 is 2.65 bits per heavy atom. The van der Waals surface area contributed by atoms with Crippen LogP contribution in [0.1, 0.15) is 27.9 Å². The molecule has 1 amide bonds. The van der Waals surface area contributed by atoms with Gasteiger partial charge in [-0.05, 0) is 52.7 Å². The standard InChI is InChI=1S/C24H21N3O3S/c25-23-4-2-1-3-21(26-23)17-5-7-18(8-6-17)27(14-16-11-12-31-15-16)24(30)20-10-9-19(28)13-22(20)29/h1-3,5-13,15,28-29H,4,14H2,(H2,25,26). The minimum absolute atomic E-state index is 0.103. The minimum Gasteiger partial charge on any atom is -0.508 e. The van der Waals surface area contributed by atoms with E-state index in [1.165, 1.54) is 12.1 Å². The first kappa shape index (κ1) is 20.4. The number of carbonyl (C=O) groups excluding carboxylic acids is 1. The molecule has 7 heteroatoms. The van der Waals surface area contributed by atoms with Crippen molar-refractivity contribution in [2.24, 2.45) is 10.7 Å². The fourth-order valence-corrected chi connectivity index (χ4v) is 3.91. The third kappa shape index (κ3) is 4.67. The Balaban J connectivity index is 1.68. The summed E-state index contributed by atoms with van der Waals surface area (Å²) in [6.45, 7) is 0.346. The van der Waals surface area contributed by atoms with E-state index in [4.69, 9.17) is 5.73 Å². The number of carbonyl (C=O) groups is 1. The monoisotopic (exact) mass is 431 g/mol. The predicted octanol–water partition coefficient (Wildman–Crippen LogP) is 4.66. The maximum Gasteiger partial charge on any atom is 0.262 e. The van der Waals surface area contributed by atoms with Crippen molar-refractivity contribution in [2.75, 3.05) is 4.90 Å². The molecule has 1 aromatic heterocycles. The van der Waals surface area contributed by atoms with E-state index < -0.39 is 0 Å². The molecule has 0 atom stereocenters. The molecule has 0 bridgehead atoms. The lowest BCUT2D eigenvalue weighted by Gasteiger charge is -2.23. The number of nitrogens with two attached hydrogens (primary N) is 1. The van der Waals surface area contributed by atoms with Gasteiger partial charge in [-0.25, -0.2) is 4.99 Å². The lowest BCUT2D eigenvalue weighted by molar-refractivity contribution is 0.0982. The first-order chi connectivity index (χ1) is 15.0. The van der Waals surface area contributed by atoms with Crippen molar-refractivity contribution >= 4 is 34.5 Å². The third-order valence-corrected chi connectivity index (χ3v) is 5.57. The first-order valence-electron chi connectivity index (χ1n) is 9.66. The largest absolute Gasteiger partial charge is 0.508 e. The van der Waals surface area contributed by atoms with Crippen molar-refractivity contribution in [1.82, 2.24) is 0 Å². The predicted molar refractivity (Wildman–Crippen MR) is 124 cm³/mol. The summed E-state index contributed by atoms with van der Waals surface area (Å²) in [4.78, 5) is 19.3. The Bertz CT molecular complexity index is 1180. The van der Waals surface area contributed by atoms with E-state index in [1.54, 1.807) is 16.2 Å². The second-order valence-corrected chi connectivity index (χ2v) is 7.84. The highest BCUT2D eigenvalue weighted by Crippen LogP contribution is 2.29. The van der Waals surface area contributed by atoms with Gasteiger partial charge in [0.25, 0.3) is 5.91 Å². The fourth-order valence-electron chi connectivity index (χ4n) is 3.25. The Hall–Kier alpha value is -3.84. The van der Waals surface area contributed by atoms with Crippen molar-refractivity contribution < 1.29 is 15.0 Å². The SMILES string of the molecule is NC1=NC(c2ccc(N(Cc3ccsc3)C(=O)c3ccc(O)cc3O)cc2)=CC=CC1. The number of amidine groups is 1. The number of rotatable bonds is 5. The number of anilines is 1. The summed E-state index contributed by atoms with van der Waals surface area (Å²) in [5.74, 6) is -0.193. The van der Waals surface area contributed by atoms with E-state index in [1.807, 2.05) is 59.3 Å². The average molecular weight is 432 g/mol. The summed E-state index contributed by atoms with van der Waals surface area (Å²) in [5, 5.41) is 23.7. The Kier molecular flexibility index (Phi) is 5.86. The molecule has 0 saturated carbocycles. The number of aromatic hydroxyl groups is 2. The number of phenols is 2. The van der Waals surface area contributed by atoms with Gasteiger partial charge < -0.3 is 20.8 Å². The maximum atomic E-state index is 13.3. The van der Waals surface area contributed by atoms with Gasteiger partial charge >= 0.3 is 0 Å². The van der Waals surface area contributed by atoms with Gasteiger partial charge in [-0.2, -0.15) is 11.3 Å². The number of allylic oxidation sites excluding steroid dienone is 2. The molecule has 0 spiro atoms. The van der Waals surface area contributed by atoms with E-state index in [2.05, 4.69) is 4.99 Å². The van der Waals surface area contributed by atoms with Crippen LogP contribution in [-0.2, 0) is 6.54 Å². The molecule has 4 rings (SSSR count). The van der Waals surface area contributed by atoms with Crippen LogP contribution in [0, 0.1) is 0 Å². The number of amides is 1. The van der Waals surface area contributed by atoms with Crippen molar-refractivity contribution in [3.63, 3.8) is 0 Å². The number of hydrogen-bond donors (Lipinski definition) is 3. The molecule has 0 unspecified atom stereocenters. The van der Waals surface area contributed by atoms with Gasteiger partial charge in [0.05, 0.1) is 17.8 Å². The molecule has 31 heavy (non-hydrogen) atoms. The molecule has 2 aromatic carbocycles. The third-order valence-electron chi connectivity index (χ3n) is 4.83. The number of hydrogen-bond acceptors (Lipinski definition) is 6. The molecule has 1 aliphatic rings. The Morgan fingerprint density at radius 2 is 1.94 bits per heavy atom. The summed E-state index contributed by atoms with van der Waals surface area (Å²) < 4.78 is 0. The highest BCUT2D eigenvalue weighted by Gasteiger charge is 2.22. The molecular weight excluding hydrogens is 410 g/mol. The Morgan fingerprint density at radius 1 is 1.13 bits per heavy atom. The number of thiophene rings is 1. The zero-order chi connectivity index (χ0) is 21.8. The van der Waals surface area contributed by atoms with Crippen LogP contribution in [0.4, 0.5) is 5.69 Å². The van der Waals surface area contributed by atoms with Crippen molar-refractivity contribution in [3.8, 4) is 11.5 Å². The molecule has 3 aromatic rings. The second kappa shape index (κ2) is 8.89. The van der Waals surface area contributed by atoms with Crippen LogP contribution in [0.15, 0.2) is 82.5 Å². The number of aliphatic imine (C=N–C) groups is 1. The van der Waals surface area contributed by atoms with E-state index in [0.29, 0.717) is 24.5 Å². The highest BCUT2D eigenvalue weighted by molar-refractivity contribution is 7.07. The molecule has 1 aliphatic heterocycles. The summed E-state index contributed by atoms with van der Waals surface area (Å²) in [7, 11) is 0. The van der Waals surface area contributed by atoms with Crippen LogP contribution in [0.3, 0.4) is 0 Å². The van der Waals surface area contributed by atoms with Gasteiger partial charge in [-0.1, -0.05) is 24.3 Å². The lowest BCUT2D eigenvalue weighted by Crippen LogP contribution is -2.30. The fraction of sp³-hybridized carbons (Fsp3) is 0.0833. The van der Waals surface area contributed by atoms with Crippen LogP contribution in [-0.4, -0.2) is 22.0 Å². The Labute approximate surface area is 183 Å². The molecule has 0 saturated heterocycles. The van der Waals surface area contributed by atoms with Gasteiger partial charge in [-0.3, -0.25) is 4.79 Å². The molecule has 156 valence electrons. The zero-order valence-corrected chi connectivity index (χ0v) is 17.4. The van der Waals surface area contributed by atoms with E-state index >= 15 is 0 Å². The first-order valence-corrected chi connectivity index (χ1v) is 10.6. The van der Waals surface area contributed by atoms with Crippen LogP contribution in [0.2, 0.25) is 0 Å². The van der Waals surface area contributed by atoms with Crippen LogP contribution >= 0.6 is 11.3 Å². The molecule has 0 radical (unpaired) electrons. The summed E-state index contributed by atoms with van der Waals surface area (Å²) in [6.07, 6.45) is 6.38. The normalized spacial score (nSPS) is 13.3. The van der Waals surface area contributed by atoms with E-state index in [0.717, 1.165) is 22.9 Å².